The van der Waals surface area contributed by atoms with Crippen LogP contribution in [0.25, 0.3) is 0 Å². The third kappa shape index (κ3) is 2.39. The van der Waals surface area contributed by atoms with E-state index in [0.717, 1.165) is 25.9 Å². The van der Waals surface area contributed by atoms with E-state index in [4.69, 9.17) is 0 Å². The van der Waals surface area contributed by atoms with E-state index < -0.39 is 0 Å². The molecule has 1 saturated heterocycles. The van der Waals surface area contributed by atoms with Gasteiger partial charge < -0.3 is 5.11 Å². The summed E-state index contributed by atoms with van der Waals surface area (Å²) in [5.74, 6) is 0. The molecule has 1 aliphatic rings. The molecular weight excluding hydrogens is 186 g/mol. The first-order valence-corrected chi connectivity index (χ1v) is 5.77. The van der Waals surface area contributed by atoms with Gasteiger partial charge in [0.25, 0.3) is 0 Å². The molecule has 82 valence electrons. The molecule has 0 aliphatic carbocycles. The van der Waals surface area contributed by atoms with Crippen molar-refractivity contribution in [2.75, 3.05) is 6.54 Å². The molecule has 1 heterocycles. The fourth-order valence-corrected chi connectivity index (χ4v) is 2.27. The molecule has 1 aromatic rings. The molecule has 0 amide bonds. The van der Waals surface area contributed by atoms with Crippen LogP contribution in [0.15, 0.2) is 30.3 Å². The Kier molecular flexibility index (Phi) is 3.39. The smallest absolute Gasteiger partial charge is 0.0822 e. The standard InChI is InChI=1S/C13H19NO/c1-2-6-12-13(15)10-14(12)9-11-7-4-3-5-8-11/h3-5,7-8,12-13,15H,2,6,9-10H2,1H3/t12-,13+/m1/s1. The number of rotatable bonds is 4. The monoisotopic (exact) mass is 205 g/mol. The van der Waals surface area contributed by atoms with Crippen LogP contribution in [0, 0.1) is 0 Å². The maximum Gasteiger partial charge on any atom is 0.0822 e. The van der Waals surface area contributed by atoms with Crippen molar-refractivity contribution in [3.63, 3.8) is 0 Å². The molecule has 0 unspecified atom stereocenters. The maximum atomic E-state index is 9.65. The Bertz CT molecular complexity index is 299. The van der Waals surface area contributed by atoms with Gasteiger partial charge in [-0.3, -0.25) is 4.90 Å². The summed E-state index contributed by atoms with van der Waals surface area (Å²) in [5, 5.41) is 9.65. The summed E-state index contributed by atoms with van der Waals surface area (Å²) in [6.07, 6.45) is 2.15. The van der Waals surface area contributed by atoms with E-state index >= 15 is 0 Å². The second kappa shape index (κ2) is 4.77. The van der Waals surface area contributed by atoms with Gasteiger partial charge in [-0.2, -0.15) is 0 Å². The van der Waals surface area contributed by atoms with Crippen LogP contribution in [0.1, 0.15) is 25.3 Å². The summed E-state index contributed by atoms with van der Waals surface area (Å²) in [7, 11) is 0. The van der Waals surface area contributed by atoms with Gasteiger partial charge in [0.1, 0.15) is 0 Å². The number of hydrogen-bond acceptors (Lipinski definition) is 2. The topological polar surface area (TPSA) is 23.5 Å². The van der Waals surface area contributed by atoms with Gasteiger partial charge in [-0.25, -0.2) is 0 Å². The number of aliphatic hydroxyl groups excluding tert-OH is 1. The SMILES string of the molecule is CCC[C@@H]1[C@@H](O)CN1Cc1ccccc1. The van der Waals surface area contributed by atoms with Crippen LogP contribution in [0.2, 0.25) is 0 Å². The Morgan fingerprint density at radius 1 is 1.33 bits per heavy atom. The molecule has 1 fully saturated rings. The van der Waals surface area contributed by atoms with Gasteiger partial charge in [-0.1, -0.05) is 43.7 Å². The third-order valence-corrected chi connectivity index (χ3v) is 3.15. The summed E-state index contributed by atoms with van der Waals surface area (Å²) in [4.78, 5) is 2.36. The maximum absolute atomic E-state index is 9.65. The molecule has 0 spiro atoms. The van der Waals surface area contributed by atoms with Crippen LogP contribution < -0.4 is 0 Å². The predicted molar refractivity (Wildman–Crippen MR) is 61.6 cm³/mol. The molecule has 1 aromatic carbocycles. The molecule has 15 heavy (non-hydrogen) atoms. The lowest BCUT2D eigenvalue weighted by atomic mass is 9.94. The third-order valence-electron chi connectivity index (χ3n) is 3.15. The molecule has 1 N–H and O–H groups in total. The van der Waals surface area contributed by atoms with Gasteiger partial charge in [0.05, 0.1) is 6.10 Å². The lowest BCUT2D eigenvalue weighted by Gasteiger charge is -2.45. The molecular formula is C13H19NO. The molecule has 2 heteroatoms. The minimum Gasteiger partial charge on any atom is -0.390 e. The highest BCUT2D eigenvalue weighted by molar-refractivity contribution is 5.15. The van der Waals surface area contributed by atoms with E-state index in [1.807, 2.05) is 6.07 Å². The molecule has 0 aromatic heterocycles. The van der Waals surface area contributed by atoms with Crippen molar-refractivity contribution in [3.05, 3.63) is 35.9 Å². The van der Waals surface area contributed by atoms with Crippen LogP contribution in [-0.2, 0) is 6.54 Å². The van der Waals surface area contributed by atoms with Crippen molar-refractivity contribution in [2.45, 2.75) is 38.5 Å². The molecule has 2 atom stereocenters. The van der Waals surface area contributed by atoms with Gasteiger partial charge in [0, 0.05) is 19.1 Å². The zero-order valence-electron chi connectivity index (χ0n) is 9.26. The molecule has 2 nitrogen and oxygen atoms in total. The highest BCUT2D eigenvalue weighted by atomic mass is 16.3. The highest BCUT2D eigenvalue weighted by Gasteiger charge is 2.36. The van der Waals surface area contributed by atoms with Crippen LogP contribution in [0.5, 0.6) is 0 Å². The molecule has 0 radical (unpaired) electrons. The first-order chi connectivity index (χ1) is 7.31. The summed E-state index contributed by atoms with van der Waals surface area (Å²) >= 11 is 0. The van der Waals surface area contributed by atoms with Crippen molar-refractivity contribution >= 4 is 0 Å². The number of likely N-dealkylation sites (tertiary alicyclic amines) is 1. The lowest BCUT2D eigenvalue weighted by molar-refractivity contribution is -0.0698. The summed E-state index contributed by atoms with van der Waals surface area (Å²) < 4.78 is 0. The second-order valence-corrected chi connectivity index (χ2v) is 4.34. The van der Waals surface area contributed by atoms with E-state index in [9.17, 15) is 5.11 Å². The predicted octanol–water partition coefficient (Wildman–Crippen LogP) is 2.03. The van der Waals surface area contributed by atoms with Crippen molar-refractivity contribution in [1.29, 1.82) is 0 Å². The Labute approximate surface area is 91.5 Å². The first kappa shape index (κ1) is 10.7. The zero-order valence-corrected chi connectivity index (χ0v) is 9.26. The minimum atomic E-state index is -0.103. The Hall–Kier alpha value is -0.860. The fraction of sp³-hybridized carbons (Fsp3) is 0.538. The summed E-state index contributed by atoms with van der Waals surface area (Å²) in [5.41, 5.74) is 1.34. The van der Waals surface area contributed by atoms with Gasteiger partial charge >= 0.3 is 0 Å². The number of aliphatic hydroxyl groups is 1. The Balaban J connectivity index is 1.91. The number of benzene rings is 1. The van der Waals surface area contributed by atoms with E-state index in [-0.39, 0.29) is 6.10 Å². The number of β-amino-alcohol motifs (C(OH)–C–C–N with tert-alkyl or cyclic N) is 1. The van der Waals surface area contributed by atoms with E-state index in [1.54, 1.807) is 0 Å². The minimum absolute atomic E-state index is 0.103. The van der Waals surface area contributed by atoms with Crippen LogP contribution >= 0.6 is 0 Å². The first-order valence-electron chi connectivity index (χ1n) is 5.77. The lowest BCUT2D eigenvalue weighted by Crippen LogP contribution is -2.59. The quantitative estimate of drug-likeness (QED) is 0.813. The average Bonchev–Trinajstić information content (AvgIpc) is 2.27. The van der Waals surface area contributed by atoms with Gasteiger partial charge in [0.15, 0.2) is 0 Å². The van der Waals surface area contributed by atoms with Gasteiger partial charge in [-0.15, -0.1) is 0 Å². The van der Waals surface area contributed by atoms with Crippen molar-refractivity contribution in [1.82, 2.24) is 4.90 Å². The van der Waals surface area contributed by atoms with Gasteiger partial charge in [0.2, 0.25) is 0 Å². The van der Waals surface area contributed by atoms with Crippen molar-refractivity contribution in [3.8, 4) is 0 Å². The summed E-state index contributed by atoms with van der Waals surface area (Å²) in [6, 6.07) is 10.9. The molecule has 2 rings (SSSR count). The normalized spacial score (nSPS) is 26.3. The number of nitrogens with zero attached hydrogens (tertiary/aromatic N) is 1. The van der Waals surface area contributed by atoms with Gasteiger partial charge in [-0.05, 0) is 12.0 Å². The molecule has 0 bridgehead atoms. The van der Waals surface area contributed by atoms with E-state index in [0.29, 0.717) is 6.04 Å². The van der Waals surface area contributed by atoms with Crippen molar-refractivity contribution < 1.29 is 5.11 Å². The molecule has 1 aliphatic heterocycles. The van der Waals surface area contributed by atoms with E-state index in [1.165, 1.54) is 5.56 Å². The molecule has 0 saturated carbocycles. The largest absolute Gasteiger partial charge is 0.390 e. The van der Waals surface area contributed by atoms with Crippen molar-refractivity contribution in [2.24, 2.45) is 0 Å². The average molecular weight is 205 g/mol. The zero-order chi connectivity index (χ0) is 10.7. The Morgan fingerprint density at radius 3 is 2.67 bits per heavy atom. The Morgan fingerprint density at radius 2 is 2.07 bits per heavy atom. The van der Waals surface area contributed by atoms with Crippen LogP contribution in [-0.4, -0.2) is 28.7 Å². The van der Waals surface area contributed by atoms with Crippen LogP contribution in [0.4, 0.5) is 0 Å². The number of hydrogen-bond donors (Lipinski definition) is 1. The summed E-state index contributed by atoms with van der Waals surface area (Å²) in [6.45, 7) is 3.98. The van der Waals surface area contributed by atoms with E-state index in [2.05, 4.69) is 36.1 Å². The fourth-order valence-electron chi connectivity index (χ4n) is 2.27. The second-order valence-electron chi connectivity index (χ2n) is 4.34. The van der Waals surface area contributed by atoms with Crippen LogP contribution in [0.3, 0.4) is 0 Å². The highest BCUT2D eigenvalue weighted by Crippen LogP contribution is 2.24.